The summed E-state index contributed by atoms with van der Waals surface area (Å²) in [6.45, 7) is 6.20. The van der Waals surface area contributed by atoms with Gasteiger partial charge >= 0.3 is 18.1 Å². The Balaban J connectivity index is 1.20. The number of aryl methyl sites for hydroxylation is 1. The molecule has 4 aromatic rings. The second kappa shape index (κ2) is 17.3. The Hall–Kier alpha value is -6.63. The SMILES string of the molecule is CCc1c2c(nc3ccc(OCc4c(F)cc(NC(=O)C(CCCNC(N)=O)NC(=O)C(NC(=O)O)C(C)C)cc4F)cc13)-c1cc3c(c(=O)n1C2)COC(=O)[C@]3(O)CC. The van der Waals surface area contributed by atoms with Crippen molar-refractivity contribution in [2.24, 2.45) is 11.7 Å². The quantitative estimate of drug-likeness (QED) is 0.0592. The number of nitrogens with two attached hydrogens (primary N) is 1. The standard InChI is InChI=1S/C41H45F2N7O10/c1-5-22-23-14-21(9-10-30(23)47-34-24(22)16-50-32(34)15-27-25(37(50)53)17-60-38(54)41(27,58)6-2)59-18-26-28(42)12-20(13-29(26)43)46-35(51)31(8-7-11-45-39(44)55)48-36(52)33(19(3)4)49-40(56)57/h9-10,12-15,19,31,33,49,58H,5-8,11,16-18H2,1-4H3,(H,46,51)(H,48,52)(H,56,57)(H3,44,45,55)/t31?,33?,41-/m0/s1. The monoisotopic (exact) mass is 833 g/mol. The summed E-state index contributed by atoms with van der Waals surface area (Å²) in [5.74, 6) is -4.78. The Morgan fingerprint density at radius 2 is 1.73 bits per heavy atom. The first-order valence-corrected chi connectivity index (χ1v) is 19.3. The Labute approximate surface area is 341 Å². The first-order chi connectivity index (χ1) is 28.5. The summed E-state index contributed by atoms with van der Waals surface area (Å²) in [5, 5.41) is 30.4. The molecular formula is C41H45F2N7O10. The number of primary amides is 1. The molecule has 0 fully saturated rings. The Morgan fingerprint density at radius 3 is 2.37 bits per heavy atom. The smallest absolute Gasteiger partial charge is 0.405 e. The average Bonchev–Trinajstić information content (AvgIpc) is 3.56. The van der Waals surface area contributed by atoms with Crippen molar-refractivity contribution in [3.05, 3.63) is 86.2 Å². The summed E-state index contributed by atoms with van der Waals surface area (Å²) in [6.07, 6.45) is -0.814. The van der Waals surface area contributed by atoms with E-state index in [4.69, 9.17) is 20.2 Å². The molecule has 8 N–H and O–H groups in total. The highest BCUT2D eigenvalue weighted by Crippen LogP contribution is 2.41. The molecule has 6 rings (SSSR count). The number of urea groups is 1. The largest absolute Gasteiger partial charge is 0.489 e. The maximum absolute atomic E-state index is 15.5. The highest BCUT2D eigenvalue weighted by Gasteiger charge is 2.45. The lowest BCUT2D eigenvalue weighted by molar-refractivity contribution is -0.172. The molecule has 318 valence electrons. The number of carbonyl (C=O) groups excluding carboxylic acids is 4. The number of fused-ring (bicyclic) bond motifs is 5. The summed E-state index contributed by atoms with van der Waals surface area (Å²) in [7, 11) is 0. The Morgan fingerprint density at radius 1 is 1.02 bits per heavy atom. The molecule has 19 heteroatoms. The summed E-state index contributed by atoms with van der Waals surface area (Å²) in [5.41, 5.74) is 5.60. The lowest BCUT2D eigenvalue weighted by Gasteiger charge is -2.31. The van der Waals surface area contributed by atoms with Crippen molar-refractivity contribution >= 4 is 46.5 Å². The minimum atomic E-state index is -1.97. The number of benzene rings is 2. The van der Waals surface area contributed by atoms with E-state index in [0.717, 1.165) is 23.3 Å². The lowest BCUT2D eigenvalue weighted by Crippen LogP contribution is -2.54. The zero-order valence-electron chi connectivity index (χ0n) is 33.2. The van der Waals surface area contributed by atoms with E-state index in [1.807, 2.05) is 6.92 Å². The molecule has 60 heavy (non-hydrogen) atoms. The Kier molecular flexibility index (Phi) is 12.4. The first-order valence-electron chi connectivity index (χ1n) is 19.3. The van der Waals surface area contributed by atoms with E-state index in [1.54, 1.807) is 49.6 Å². The number of carboxylic acid groups (broad SMARTS) is 1. The van der Waals surface area contributed by atoms with E-state index in [2.05, 4.69) is 21.3 Å². The van der Waals surface area contributed by atoms with Crippen LogP contribution in [0.3, 0.4) is 0 Å². The number of carbonyl (C=O) groups is 5. The summed E-state index contributed by atoms with van der Waals surface area (Å²) < 4.78 is 43.5. The Bertz CT molecular complexity index is 2450. The highest BCUT2D eigenvalue weighted by atomic mass is 19.1. The third-order valence-electron chi connectivity index (χ3n) is 10.8. The van der Waals surface area contributed by atoms with E-state index in [-0.39, 0.29) is 61.5 Å². The van der Waals surface area contributed by atoms with Crippen LogP contribution in [0.25, 0.3) is 22.3 Å². The number of amides is 5. The van der Waals surface area contributed by atoms with Gasteiger partial charge in [0.05, 0.1) is 34.6 Å². The predicted octanol–water partition coefficient (Wildman–Crippen LogP) is 3.66. The average molecular weight is 834 g/mol. The van der Waals surface area contributed by atoms with Crippen LogP contribution in [0, 0.1) is 17.6 Å². The van der Waals surface area contributed by atoms with E-state index in [0.29, 0.717) is 28.7 Å². The van der Waals surface area contributed by atoms with Crippen LogP contribution in [-0.4, -0.2) is 68.3 Å². The molecule has 0 bridgehead atoms. The minimum absolute atomic E-state index is 0.00858. The number of pyridine rings is 2. The molecular weight excluding hydrogens is 788 g/mol. The highest BCUT2D eigenvalue weighted by molar-refractivity contribution is 5.98. The van der Waals surface area contributed by atoms with Gasteiger partial charge in [-0.25, -0.2) is 28.1 Å². The molecule has 2 aliphatic rings. The van der Waals surface area contributed by atoms with Crippen LogP contribution in [0.5, 0.6) is 5.75 Å². The van der Waals surface area contributed by atoms with Crippen molar-refractivity contribution in [3.63, 3.8) is 0 Å². The molecule has 4 heterocycles. The van der Waals surface area contributed by atoms with Crippen LogP contribution in [-0.2, 0) is 50.9 Å². The van der Waals surface area contributed by atoms with Gasteiger partial charge in [-0.3, -0.25) is 14.4 Å². The third kappa shape index (κ3) is 8.43. The number of anilines is 1. The zero-order valence-corrected chi connectivity index (χ0v) is 33.2. The van der Waals surface area contributed by atoms with Gasteiger partial charge in [0, 0.05) is 28.7 Å². The summed E-state index contributed by atoms with van der Waals surface area (Å²) in [6, 6.07) is 5.04. The van der Waals surface area contributed by atoms with E-state index < -0.39 is 82.9 Å². The molecule has 2 unspecified atom stereocenters. The topological polar surface area (TPSA) is 253 Å². The minimum Gasteiger partial charge on any atom is -0.489 e. The van der Waals surface area contributed by atoms with Crippen molar-refractivity contribution < 1.29 is 52.4 Å². The van der Waals surface area contributed by atoms with Crippen LogP contribution in [0.15, 0.2) is 41.2 Å². The third-order valence-corrected chi connectivity index (χ3v) is 10.8. The molecule has 17 nitrogen and oxygen atoms in total. The molecule has 0 aliphatic carbocycles. The number of esters is 1. The second-order valence-electron chi connectivity index (χ2n) is 14.9. The number of hydrogen-bond acceptors (Lipinski definition) is 10. The van der Waals surface area contributed by atoms with Crippen molar-refractivity contribution in [1.29, 1.82) is 0 Å². The number of nitrogens with zero attached hydrogens (tertiary/aromatic N) is 2. The van der Waals surface area contributed by atoms with Crippen LogP contribution in [0.2, 0.25) is 0 Å². The molecule has 0 saturated heterocycles. The molecule has 0 radical (unpaired) electrons. The second-order valence-corrected chi connectivity index (χ2v) is 14.9. The van der Waals surface area contributed by atoms with Gasteiger partial charge in [-0.15, -0.1) is 0 Å². The number of aromatic nitrogens is 2. The molecule has 3 atom stereocenters. The van der Waals surface area contributed by atoms with E-state index in [9.17, 15) is 39.0 Å². The van der Waals surface area contributed by atoms with Gasteiger partial charge in [0.15, 0.2) is 5.60 Å². The number of hydrogen-bond donors (Lipinski definition) is 7. The van der Waals surface area contributed by atoms with Crippen molar-refractivity contribution in [1.82, 2.24) is 25.5 Å². The summed E-state index contributed by atoms with van der Waals surface area (Å²) in [4.78, 5) is 79.8. The van der Waals surface area contributed by atoms with Gasteiger partial charge in [0.1, 0.15) is 42.7 Å². The molecule has 2 aromatic heterocycles. The van der Waals surface area contributed by atoms with Gasteiger partial charge < -0.3 is 51.3 Å². The van der Waals surface area contributed by atoms with Gasteiger partial charge in [-0.05, 0) is 73.6 Å². The normalized spacial score (nSPS) is 16.2. The maximum atomic E-state index is 15.5. The first kappa shape index (κ1) is 43.0. The lowest BCUT2D eigenvalue weighted by atomic mass is 9.86. The molecule has 2 aromatic carbocycles. The van der Waals surface area contributed by atoms with Gasteiger partial charge in [-0.2, -0.15) is 0 Å². The predicted molar refractivity (Wildman–Crippen MR) is 212 cm³/mol. The number of aliphatic hydroxyl groups is 1. The zero-order chi connectivity index (χ0) is 43.6. The van der Waals surface area contributed by atoms with Gasteiger partial charge in [0.25, 0.3) is 5.56 Å². The van der Waals surface area contributed by atoms with E-state index >= 15 is 8.78 Å². The van der Waals surface area contributed by atoms with Crippen molar-refractivity contribution in [3.8, 4) is 17.1 Å². The van der Waals surface area contributed by atoms with Crippen LogP contribution in [0.4, 0.5) is 24.1 Å². The van der Waals surface area contributed by atoms with Crippen LogP contribution in [0.1, 0.15) is 74.8 Å². The van der Waals surface area contributed by atoms with Crippen LogP contribution >= 0.6 is 0 Å². The maximum Gasteiger partial charge on any atom is 0.405 e. The van der Waals surface area contributed by atoms with Crippen molar-refractivity contribution in [2.75, 3.05) is 11.9 Å². The fraction of sp³-hybridized carbons (Fsp3) is 0.390. The fourth-order valence-corrected chi connectivity index (χ4v) is 7.55. The van der Waals surface area contributed by atoms with Crippen molar-refractivity contribution in [2.45, 2.75) is 90.8 Å². The molecule has 2 aliphatic heterocycles. The number of rotatable bonds is 15. The number of ether oxygens (including phenoxy) is 2. The van der Waals surface area contributed by atoms with Gasteiger partial charge in [0.2, 0.25) is 11.8 Å². The molecule has 0 saturated carbocycles. The molecule has 5 amide bonds. The number of cyclic esters (lactones) is 1. The fourth-order valence-electron chi connectivity index (χ4n) is 7.55. The summed E-state index contributed by atoms with van der Waals surface area (Å²) >= 11 is 0. The van der Waals surface area contributed by atoms with E-state index in [1.165, 1.54) is 0 Å². The van der Waals surface area contributed by atoms with Gasteiger partial charge in [-0.1, -0.05) is 27.7 Å². The van der Waals surface area contributed by atoms with Crippen LogP contribution < -0.4 is 37.3 Å². The number of halogens is 2. The molecule has 0 spiro atoms. The number of nitrogens with one attached hydrogen (secondary N) is 4.